The van der Waals surface area contributed by atoms with Gasteiger partial charge in [-0.2, -0.15) is 0 Å². The topological polar surface area (TPSA) is 82.6 Å². The number of aromatic nitrogens is 2. The monoisotopic (exact) mass is 377 g/mol. The molecule has 0 unspecified atom stereocenters. The number of esters is 1. The summed E-state index contributed by atoms with van der Waals surface area (Å²) >= 11 is 0. The number of benzene rings is 2. The fourth-order valence-corrected chi connectivity index (χ4v) is 2.60. The minimum absolute atomic E-state index is 0.226. The van der Waals surface area contributed by atoms with Crippen molar-refractivity contribution in [1.29, 1.82) is 0 Å². The number of carbonyl (C=O) groups is 1. The Kier molecular flexibility index (Phi) is 5.92. The smallest absolute Gasteiger partial charge is 0.344 e. The number of terminal acetylenes is 1. The zero-order valence-electron chi connectivity index (χ0n) is 15.6. The molecule has 3 rings (SSSR count). The van der Waals surface area contributed by atoms with Crippen LogP contribution in [0.3, 0.4) is 0 Å². The summed E-state index contributed by atoms with van der Waals surface area (Å²) < 4.78 is 15.8. The van der Waals surface area contributed by atoms with Crippen molar-refractivity contribution in [3.63, 3.8) is 0 Å². The lowest BCUT2D eigenvalue weighted by Gasteiger charge is -2.13. The number of nitrogens with one attached hydrogen (secondary N) is 1. The minimum Gasteiger partial charge on any atom is -0.493 e. The van der Waals surface area contributed by atoms with Crippen molar-refractivity contribution < 1.29 is 19.0 Å². The van der Waals surface area contributed by atoms with E-state index in [0.29, 0.717) is 28.2 Å². The van der Waals surface area contributed by atoms with Crippen molar-refractivity contribution >= 4 is 28.4 Å². The fourth-order valence-electron chi connectivity index (χ4n) is 2.60. The summed E-state index contributed by atoms with van der Waals surface area (Å²) in [6.45, 7) is 1.80. The molecule has 3 aromatic rings. The number of hydrogen-bond donors (Lipinski definition) is 1. The van der Waals surface area contributed by atoms with Gasteiger partial charge in [0, 0.05) is 22.7 Å². The highest BCUT2D eigenvalue weighted by Gasteiger charge is 2.13. The Morgan fingerprint density at radius 3 is 2.82 bits per heavy atom. The molecule has 0 aliphatic rings. The number of hydrogen-bond acceptors (Lipinski definition) is 7. The van der Waals surface area contributed by atoms with Gasteiger partial charge in [-0.3, -0.25) is 0 Å². The standard InChI is InChI=1S/C21H19N3O4/c1-4-14-7-6-8-15(9-14)24-21-16-10-19(28-12-20(25)27-5-2)18(26-3)11-17(16)22-13-23-21/h1,6-11,13H,5,12H2,2-3H3,(H,22,23,24). The molecule has 142 valence electrons. The van der Waals surface area contributed by atoms with Crippen molar-refractivity contribution in [2.24, 2.45) is 0 Å². The van der Waals surface area contributed by atoms with Crippen molar-refractivity contribution in [2.75, 3.05) is 25.6 Å². The Bertz CT molecular complexity index is 1040. The minimum atomic E-state index is -0.460. The van der Waals surface area contributed by atoms with Crippen LogP contribution in [0.15, 0.2) is 42.7 Å². The molecule has 7 nitrogen and oxygen atoms in total. The van der Waals surface area contributed by atoms with Crippen LogP contribution in [0.25, 0.3) is 10.9 Å². The highest BCUT2D eigenvalue weighted by Crippen LogP contribution is 2.34. The van der Waals surface area contributed by atoms with Crippen LogP contribution in [0.5, 0.6) is 11.5 Å². The number of fused-ring (bicyclic) bond motifs is 1. The second-order valence-electron chi connectivity index (χ2n) is 5.69. The van der Waals surface area contributed by atoms with E-state index in [-0.39, 0.29) is 13.2 Å². The molecular weight excluding hydrogens is 358 g/mol. The number of carbonyl (C=O) groups excluding carboxylic acids is 1. The van der Waals surface area contributed by atoms with Crippen molar-refractivity contribution in [3.05, 3.63) is 48.3 Å². The SMILES string of the molecule is C#Cc1cccc(Nc2ncnc3cc(OC)c(OCC(=O)OCC)cc23)c1. The lowest BCUT2D eigenvalue weighted by atomic mass is 10.2. The van der Waals surface area contributed by atoms with E-state index in [0.717, 1.165) is 11.3 Å². The zero-order chi connectivity index (χ0) is 19.9. The summed E-state index contributed by atoms with van der Waals surface area (Å²) in [4.78, 5) is 20.2. The Labute approximate surface area is 162 Å². The largest absolute Gasteiger partial charge is 0.493 e. The Morgan fingerprint density at radius 1 is 1.21 bits per heavy atom. The first-order chi connectivity index (χ1) is 13.6. The highest BCUT2D eigenvalue weighted by molar-refractivity contribution is 5.93. The van der Waals surface area contributed by atoms with Crippen LogP contribution in [-0.2, 0) is 9.53 Å². The summed E-state index contributed by atoms with van der Waals surface area (Å²) in [5.74, 6) is 3.55. The third-order valence-electron chi connectivity index (χ3n) is 3.86. The van der Waals surface area contributed by atoms with E-state index >= 15 is 0 Å². The molecule has 7 heteroatoms. The van der Waals surface area contributed by atoms with E-state index in [1.807, 2.05) is 24.3 Å². The van der Waals surface area contributed by atoms with E-state index in [2.05, 4.69) is 21.2 Å². The Morgan fingerprint density at radius 2 is 2.07 bits per heavy atom. The summed E-state index contributed by atoms with van der Waals surface area (Å²) in [5, 5.41) is 3.94. The van der Waals surface area contributed by atoms with Crippen LogP contribution in [0, 0.1) is 12.3 Å². The predicted molar refractivity (Wildman–Crippen MR) is 106 cm³/mol. The van der Waals surface area contributed by atoms with Gasteiger partial charge in [0.15, 0.2) is 18.1 Å². The van der Waals surface area contributed by atoms with Gasteiger partial charge in [-0.25, -0.2) is 14.8 Å². The molecule has 0 spiro atoms. The van der Waals surface area contributed by atoms with Crippen LogP contribution in [0.1, 0.15) is 12.5 Å². The maximum absolute atomic E-state index is 11.6. The molecule has 0 saturated heterocycles. The van der Waals surface area contributed by atoms with Gasteiger partial charge in [-0.1, -0.05) is 12.0 Å². The molecule has 2 aromatic carbocycles. The number of methoxy groups -OCH3 is 1. The van der Waals surface area contributed by atoms with Gasteiger partial charge in [0.25, 0.3) is 0 Å². The average molecular weight is 377 g/mol. The highest BCUT2D eigenvalue weighted by atomic mass is 16.6. The predicted octanol–water partition coefficient (Wildman–Crippen LogP) is 3.31. The molecule has 0 amide bonds. The third-order valence-corrected chi connectivity index (χ3v) is 3.86. The number of rotatable bonds is 7. The molecule has 0 aliphatic heterocycles. The molecule has 1 N–H and O–H groups in total. The summed E-state index contributed by atoms with van der Waals surface area (Å²) in [6, 6.07) is 10.9. The molecular formula is C21H19N3O4. The summed E-state index contributed by atoms with van der Waals surface area (Å²) in [5.41, 5.74) is 2.20. The van der Waals surface area contributed by atoms with Crippen LogP contribution in [0.2, 0.25) is 0 Å². The fraction of sp³-hybridized carbons (Fsp3) is 0.190. The number of nitrogens with zero attached hydrogens (tertiary/aromatic N) is 2. The van der Waals surface area contributed by atoms with E-state index in [9.17, 15) is 4.79 Å². The van der Waals surface area contributed by atoms with Crippen molar-refractivity contribution in [2.45, 2.75) is 6.92 Å². The van der Waals surface area contributed by atoms with E-state index < -0.39 is 5.97 Å². The maximum Gasteiger partial charge on any atom is 0.344 e. The molecule has 0 radical (unpaired) electrons. The lowest BCUT2D eigenvalue weighted by molar-refractivity contribution is -0.145. The van der Waals surface area contributed by atoms with Crippen molar-refractivity contribution in [3.8, 4) is 23.8 Å². The first-order valence-electron chi connectivity index (χ1n) is 8.59. The Balaban J connectivity index is 1.96. The van der Waals surface area contributed by atoms with Gasteiger partial charge >= 0.3 is 5.97 Å². The first-order valence-corrected chi connectivity index (χ1v) is 8.59. The Hall–Kier alpha value is -3.79. The van der Waals surface area contributed by atoms with Crippen LogP contribution in [0.4, 0.5) is 11.5 Å². The molecule has 28 heavy (non-hydrogen) atoms. The van der Waals surface area contributed by atoms with Gasteiger partial charge in [0.1, 0.15) is 12.1 Å². The molecule has 0 saturated carbocycles. The molecule has 0 aliphatic carbocycles. The lowest BCUT2D eigenvalue weighted by Crippen LogP contribution is -2.15. The van der Waals surface area contributed by atoms with Crippen LogP contribution in [-0.4, -0.2) is 36.3 Å². The van der Waals surface area contributed by atoms with Crippen molar-refractivity contribution in [1.82, 2.24) is 9.97 Å². The first kappa shape index (κ1) is 19.0. The molecule has 1 aromatic heterocycles. The summed E-state index contributed by atoms with van der Waals surface area (Å²) in [7, 11) is 1.52. The normalized spacial score (nSPS) is 10.2. The van der Waals surface area contributed by atoms with Gasteiger partial charge in [-0.05, 0) is 31.2 Å². The molecule has 1 heterocycles. The number of anilines is 2. The van der Waals surface area contributed by atoms with Gasteiger partial charge in [-0.15, -0.1) is 6.42 Å². The third kappa shape index (κ3) is 4.30. The second kappa shape index (κ2) is 8.73. The van der Waals surface area contributed by atoms with E-state index in [1.165, 1.54) is 13.4 Å². The molecule has 0 bridgehead atoms. The average Bonchev–Trinajstić information content (AvgIpc) is 2.72. The second-order valence-corrected chi connectivity index (χ2v) is 5.69. The van der Waals surface area contributed by atoms with Gasteiger partial charge < -0.3 is 19.5 Å². The quantitative estimate of drug-likeness (QED) is 0.500. The van der Waals surface area contributed by atoms with Crippen LogP contribution < -0.4 is 14.8 Å². The number of ether oxygens (including phenoxy) is 3. The maximum atomic E-state index is 11.6. The van der Waals surface area contributed by atoms with Gasteiger partial charge in [0.2, 0.25) is 0 Å². The zero-order valence-corrected chi connectivity index (χ0v) is 15.6. The summed E-state index contributed by atoms with van der Waals surface area (Å²) in [6.07, 6.45) is 6.91. The molecule has 0 fully saturated rings. The molecule has 0 atom stereocenters. The van der Waals surface area contributed by atoms with Gasteiger partial charge in [0.05, 0.1) is 19.2 Å². The van der Waals surface area contributed by atoms with E-state index in [1.54, 1.807) is 19.1 Å². The van der Waals surface area contributed by atoms with E-state index in [4.69, 9.17) is 20.6 Å². The van der Waals surface area contributed by atoms with Crippen LogP contribution >= 0.6 is 0 Å².